The predicted molar refractivity (Wildman–Crippen MR) is 74.6 cm³/mol. The van der Waals surface area contributed by atoms with Gasteiger partial charge >= 0.3 is 0 Å². The molecule has 0 saturated heterocycles. The van der Waals surface area contributed by atoms with Crippen molar-refractivity contribution in [1.82, 2.24) is 0 Å². The first kappa shape index (κ1) is 12.3. The number of halogens is 3. The number of thiophene rings is 1. The lowest BCUT2D eigenvalue weighted by Gasteiger charge is -2.00. The monoisotopic (exact) mass is 378 g/mol. The zero-order chi connectivity index (χ0) is 11.7. The fourth-order valence-corrected chi connectivity index (χ4v) is 2.99. The van der Waals surface area contributed by atoms with Gasteiger partial charge in [0.2, 0.25) is 5.78 Å². The molecule has 0 spiro atoms. The third kappa shape index (κ3) is 2.56. The Morgan fingerprint density at radius 3 is 2.50 bits per heavy atom. The molecule has 1 aromatic heterocycles. The number of rotatable bonds is 2. The topological polar surface area (TPSA) is 17.1 Å². The number of hydrogen-bond donors (Lipinski definition) is 0. The molecule has 82 valence electrons. The van der Waals surface area contributed by atoms with E-state index in [-0.39, 0.29) is 5.78 Å². The van der Waals surface area contributed by atoms with Gasteiger partial charge in [0.15, 0.2) is 0 Å². The van der Waals surface area contributed by atoms with Crippen LogP contribution in [-0.4, -0.2) is 5.78 Å². The minimum atomic E-state index is -0.00917. The van der Waals surface area contributed by atoms with Crippen LogP contribution in [0.25, 0.3) is 0 Å². The van der Waals surface area contributed by atoms with Gasteiger partial charge in [-0.2, -0.15) is 0 Å². The zero-order valence-corrected chi connectivity index (χ0v) is 12.6. The molecule has 2 rings (SSSR count). The van der Waals surface area contributed by atoms with E-state index < -0.39 is 0 Å². The minimum Gasteiger partial charge on any atom is -0.288 e. The lowest BCUT2D eigenvalue weighted by Crippen LogP contribution is -1.97. The van der Waals surface area contributed by atoms with E-state index in [1.807, 2.05) is 6.07 Å². The summed E-state index contributed by atoms with van der Waals surface area (Å²) >= 11 is 14.0. The van der Waals surface area contributed by atoms with Crippen LogP contribution in [0.1, 0.15) is 15.2 Å². The largest absolute Gasteiger partial charge is 0.288 e. The number of benzene rings is 1. The van der Waals surface area contributed by atoms with Gasteiger partial charge < -0.3 is 0 Å². The first-order chi connectivity index (χ1) is 7.58. The van der Waals surface area contributed by atoms with Gasteiger partial charge in [0.25, 0.3) is 0 Å². The van der Waals surface area contributed by atoms with E-state index in [9.17, 15) is 4.79 Å². The maximum atomic E-state index is 12.0. The molecule has 0 N–H and O–H groups in total. The molecule has 16 heavy (non-hydrogen) atoms. The Bertz CT molecular complexity index is 551. The standard InChI is InChI=1S/C11H5Br2ClOS/c12-7-2-1-6(5-8(7)14)11(15)9-3-4-10(13)16-9/h1-5H. The zero-order valence-electron chi connectivity index (χ0n) is 7.84. The molecule has 1 aromatic carbocycles. The van der Waals surface area contributed by atoms with Gasteiger partial charge in [0, 0.05) is 10.0 Å². The van der Waals surface area contributed by atoms with E-state index in [2.05, 4.69) is 31.9 Å². The molecule has 0 saturated carbocycles. The Kier molecular flexibility index (Phi) is 3.85. The van der Waals surface area contributed by atoms with E-state index in [1.165, 1.54) is 11.3 Å². The lowest BCUT2D eigenvalue weighted by atomic mass is 10.1. The summed E-state index contributed by atoms with van der Waals surface area (Å²) in [6.45, 7) is 0. The van der Waals surface area contributed by atoms with Crippen molar-refractivity contribution in [2.75, 3.05) is 0 Å². The Labute approximate surface area is 119 Å². The molecule has 0 bridgehead atoms. The van der Waals surface area contributed by atoms with Crippen molar-refractivity contribution in [3.05, 3.63) is 54.1 Å². The van der Waals surface area contributed by atoms with Crippen LogP contribution >= 0.6 is 54.8 Å². The number of carbonyl (C=O) groups is 1. The predicted octanol–water partition coefficient (Wildman–Crippen LogP) is 5.16. The Morgan fingerprint density at radius 1 is 1.19 bits per heavy atom. The van der Waals surface area contributed by atoms with Gasteiger partial charge in [-0.3, -0.25) is 4.79 Å². The summed E-state index contributed by atoms with van der Waals surface area (Å²) in [6, 6.07) is 8.86. The molecule has 0 aliphatic heterocycles. The van der Waals surface area contributed by atoms with Crippen LogP contribution in [0.15, 0.2) is 38.6 Å². The average Bonchev–Trinajstić information content (AvgIpc) is 2.68. The molecule has 0 radical (unpaired) electrons. The van der Waals surface area contributed by atoms with E-state index in [0.717, 1.165) is 8.26 Å². The first-order valence-corrected chi connectivity index (χ1v) is 7.11. The summed E-state index contributed by atoms with van der Waals surface area (Å²) in [6.07, 6.45) is 0. The highest BCUT2D eigenvalue weighted by atomic mass is 79.9. The van der Waals surface area contributed by atoms with Gasteiger partial charge in [0.1, 0.15) is 0 Å². The van der Waals surface area contributed by atoms with Gasteiger partial charge in [-0.15, -0.1) is 11.3 Å². The maximum absolute atomic E-state index is 12.0. The Hall–Kier alpha value is -0.160. The van der Waals surface area contributed by atoms with Gasteiger partial charge in [-0.1, -0.05) is 11.6 Å². The SMILES string of the molecule is O=C(c1ccc(Br)c(Cl)c1)c1ccc(Br)s1. The summed E-state index contributed by atoms with van der Waals surface area (Å²) in [5.74, 6) is -0.00917. The second-order valence-corrected chi connectivity index (χ2v) is 6.79. The number of ketones is 1. The minimum absolute atomic E-state index is 0.00917. The molecule has 5 heteroatoms. The van der Waals surface area contributed by atoms with Gasteiger partial charge in [-0.05, 0) is 62.2 Å². The summed E-state index contributed by atoms with van der Waals surface area (Å²) < 4.78 is 1.73. The van der Waals surface area contributed by atoms with Crippen LogP contribution in [0.3, 0.4) is 0 Å². The van der Waals surface area contributed by atoms with Crippen LogP contribution in [0.5, 0.6) is 0 Å². The first-order valence-electron chi connectivity index (χ1n) is 4.33. The van der Waals surface area contributed by atoms with Crippen LogP contribution in [-0.2, 0) is 0 Å². The lowest BCUT2D eigenvalue weighted by molar-refractivity contribution is 0.104. The number of carbonyl (C=O) groups excluding carboxylic acids is 1. The molecule has 0 fully saturated rings. The Morgan fingerprint density at radius 2 is 1.94 bits per heavy atom. The fraction of sp³-hybridized carbons (Fsp3) is 0. The highest BCUT2D eigenvalue weighted by Gasteiger charge is 2.12. The normalized spacial score (nSPS) is 10.4. The number of hydrogen-bond acceptors (Lipinski definition) is 2. The molecule has 1 nitrogen and oxygen atoms in total. The molecule has 0 aliphatic rings. The third-order valence-electron chi connectivity index (χ3n) is 1.98. The Balaban J connectivity index is 2.38. The van der Waals surface area contributed by atoms with Crippen molar-refractivity contribution in [1.29, 1.82) is 0 Å². The average molecular weight is 380 g/mol. The van der Waals surface area contributed by atoms with Crippen molar-refractivity contribution >= 4 is 60.6 Å². The van der Waals surface area contributed by atoms with E-state index in [0.29, 0.717) is 15.5 Å². The van der Waals surface area contributed by atoms with Crippen molar-refractivity contribution in [3.8, 4) is 0 Å². The summed E-state index contributed by atoms with van der Waals surface area (Å²) in [7, 11) is 0. The van der Waals surface area contributed by atoms with E-state index in [1.54, 1.807) is 24.3 Å². The summed E-state index contributed by atoms with van der Waals surface area (Å²) in [5, 5.41) is 0.543. The molecular formula is C11H5Br2ClOS. The van der Waals surface area contributed by atoms with E-state index >= 15 is 0 Å². The van der Waals surface area contributed by atoms with Gasteiger partial charge in [0.05, 0.1) is 13.7 Å². The summed E-state index contributed by atoms with van der Waals surface area (Å²) in [5.41, 5.74) is 0.600. The molecule has 0 atom stereocenters. The highest BCUT2D eigenvalue weighted by molar-refractivity contribution is 9.11. The highest BCUT2D eigenvalue weighted by Crippen LogP contribution is 2.27. The van der Waals surface area contributed by atoms with Crippen molar-refractivity contribution < 1.29 is 4.79 Å². The fourth-order valence-electron chi connectivity index (χ4n) is 1.22. The van der Waals surface area contributed by atoms with Crippen LogP contribution in [0.2, 0.25) is 5.02 Å². The molecule has 1 heterocycles. The molecule has 0 amide bonds. The quantitative estimate of drug-likeness (QED) is 0.658. The van der Waals surface area contributed by atoms with E-state index in [4.69, 9.17) is 11.6 Å². The second-order valence-electron chi connectivity index (χ2n) is 3.06. The van der Waals surface area contributed by atoms with Crippen molar-refractivity contribution in [2.45, 2.75) is 0 Å². The molecular weight excluding hydrogens is 375 g/mol. The van der Waals surface area contributed by atoms with Crippen LogP contribution in [0, 0.1) is 0 Å². The smallest absolute Gasteiger partial charge is 0.203 e. The van der Waals surface area contributed by atoms with Crippen LogP contribution in [0.4, 0.5) is 0 Å². The maximum Gasteiger partial charge on any atom is 0.203 e. The second kappa shape index (κ2) is 5.00. The molecule has 2 aromatic rings. The molecule has 0 aliphatic carbocycles. The van der Waals surface area contributed by atoms with Crippen molar-refractivity contribution in [2.24, 2.45) is 0 Å². The third-order valence-corrected chi connectivity index (χ3v) is 4.83. The summed E-state index contributed by atoms with van der Waals surface area (Å²) in [4.78, 5) is 12.7. The molecule has 0 unspecified atom stereocenters. The van der Waals surface area contributed by atoms with Gasteiger partial charge in [-0.25, -0.2) is 0 Å². The van der Waals surface area contributed by atoms with Crippen molar-refractivity contribution in [3.63, 3.8) is 0 Å². The van der Waals surface area contributed by atoms with Crippen LogP contribution < -0.4 is 0 Å².